The number of rotatable bonds is 11. The van der Waals surface area contributed by atoms with Crippen molar-refractivity contribution in [3.05, 3.63) is 106 Å². The van der Waals surface area contributed by atoms with E-state index in [0.717, 1.165) is 24.5 Å². The lowest BCUT2D eigenvalue weighted by molar-refractivity contribution is -0.123. The zero-order chi connectivity index (χ0) is 41.8. The SMILES string of the molecule is C=C[C@@H]1Cc2c(C(F)F)nn(CC(=O)N[C@@H](Cc3cc(F)cc(F)c3)c3nc(C#CC(C)(C)O)ccc3-c3ccc(Cl)c4c(NS(C)(=O)=O)nn(C)c34)c2C1(F)F. The second-order valence-corrected chi connectivity index (χ2v) is 16.2. The summed E-state index contributed by atoms with van der Waals surface area (Å²) in [6.07, 6.45) is -2.19. The van der Waals surface area contributed by atoms with Gasteiger partial charge in [-0.3, -0.25) is 18.9 Å². The Morgan fingerprint density at radius 3 is 2.40 bits per heavy atom. The van der Waals surface area contributed by atoms with Crippen LogP contribution in [0.2, 0.25) is 5.02 Å². The number of pyridine rings is 1. The van der Waals surface area contributed by atoms with E-state index >= 15 is 8.78 Å². The number of halogens is 7. The molecule has 0 spiro atoms. The number of hydrogen-bond acceptors (Lipinski definition) is 7. The van der Waals surface area contributed by atoms with Crippen LogP contribution >= 0.6 is 11.6 Å². The first-order valence-electron chi connectivity index (χ1n) is 17.1. The fourth-order valence-corrected chi connectivity index (χ4v) is 7.53. The highest BCUT2D eigenvalue weighted by Crippen LogP contribution is 2.49. The number of benzene rings is 2. The smallest absolute Gasteiger partial charge is 0.296 e. The minimum Gasteiger partial charge on any atom is -0.378 e. The van der Waals surface area contributed by atoms with Crippen LogP contribution in [-0.2, 0) is 47.2 Å². The molecular formula is C38H34ClF6N7O4S. The normalized spacial score (nSPS) is 15.6. The third kappa shape index (κ3) is 8.65. The fourth-order valence-electron chi connectivity index (χ4n) is 6.79. The lowest BCUT2D eigenvalue weighted by atomic mass is 9.93. The molecule has 1 aliphatic carbocycles. The van der Waals surface area contributed by atoms with E-state index in [1.807, 2.05) is 0 Å². The number of alkyl halides is 4. The minimum absolute atomic E-state index is 0.00836. The van der Waals surface area contributed by atoms with Crippen LogP contribution < -0.4 is 10.0 Å². The molecular weight excluding hydrogens is 800 g/mol. The molecule has 6 rings (SSSR count). The molecule has 3 heterocycles. The predicted molar refractivity (Wildman–Crippen MR) is 200 cm³/mol. The van der Waals surface area contributed by atoms with E-state index in [-0.39, 0.29) is 45.2 Å². The molecule has 57 heavy (non-hydrogen) atoms. The third-order valence-electron chi connectivity index (χ3n) is 9.03. The summed E-state index contributed by atoms with van der Waals surface area (Å²) in [5.74, 6) is -2.84. The first kappa shape index (κ1) is 41.3. The molecule has 0 saturated carbocycles. The molecule has 3 N–H and O–H groups in total. The van der Waals surface area contributed by atoms with Crippen molar-refractivity contribution in [3.8, 4) is 23.0 Å². The average Bonchev–Trinajstić information content (AvgIpc) is 3.70. The van der Waals surface area contributed by atoms with E-state index in [9.17, 15) is 35.9 Å². The van der Waals surface area contributed by atoms with E-state index in [1.165, 1.54) is 37.7 Å². The zero-order valence-electron chi connectivity index (χ0n) is 30.6. The number of allylic oxidation sites excluding steroid dienone is 1. The van der Waals surface area contributed by atoms with Crippen LogP contribution in [0.4, 0.5) is 32.2 Å². The van der Waals surface area contributed by atoms with E-state index in [1.54, 1.807) is 12.1 Å². The Balaban J connectivity index is 1.54. The molecule has 1 aliphatic rings. The van der Waals surface area contributed by atoms with Gasteiger partial charge in [0.1, 0.15) is 40.9 Å². The second-order valence-electron chi connectivity index (χ2n) is 14.0. The summed E-state index contributed by atoms with van der Waals surface area (Å²) in [6, 6.07) is 7.38. The quantitative estimate of drug-likeness (QED) is 0.0760. The Labute approximate surface area is 327 Å². The van der Waals surface area contributed by atoms with Crippen molar-refractivity contribution in [2.75, 3.05) is 11.0 Å². The molecule has 0 fully saturated rings. The van der Waals surface area contributed by atoms with Crippen LogP contribution in [0.15, 0.2) is 55.1 Å². The van der Waals surface area contributed by atoms with Crippen LogP contribution in [0.1, 0.15) is 60.2 Å². The van der Waals surface area contributed by atoms with Crippen LogP contribution in [0.25, 0.3) is 22.0 Å². The van der Waals surface area contributed by atoms with Crippen LogP contribution in [0.3, 0.4) is 0 Å². The maximum Gasteiger partial charge on any atom is 0.296 e. The lowest BCUT2D eigenvalue weighted by Crippen LogP contribution is -2.35. The molecule has 2 atom stereocenters. The minimum atomic E-state index is -3.84. The molecule has 0 bridgehead atoms. The zero-order valence-corrected chi connectivity index (χ0v) is 32.2. The summed E-state index contributed by atoms with van der Waals surface area (Å²) >= 11 is 6.57. The molecule has 3 aromatic heterocycles. The predicted octanol–water partition coefficient (Wildman–Crippen LogP) is 6.75. The fraction of sp³-hybridized carbons (Fsp3) is 0.316. The van der Waals surface area contributed by atoms with Gasteiger partial charge in [0, 0.05) is 29.8 Å². The second kappa shape index (κ2) is 15.2. The standard InChI is InChI=1S/C38H34ClF6N7O4S/c1-6-20-16-26-32(35(42)43)48-52(34(26)38(20,44)45)18-29(53)47-28(15-19-13-21(40)17-22(41)14-19)31-24(8-7-23(46-31)11-12-37(2,3)54)25-9-10-27(39)30-33(25)51(4)49-36(30)50-57(5,55)56/h6-10,13-14,17,20,28,35,54H,1,15-16,18H2,2-5H3,(H,47,53)(H,49,50)/t20-,28+/m1/s1. The number of carbonyl (C=O) groups excluding carboxylic acids is 1. The maximum absolute atomic E-state index is 15.5. The Hall–Kier alpha value is -5.38. The molecule has 0 aliphatic heterocycles. The number of aromatic nitrogens is 5. The summed E-state index contributed by atoms with van der Waals surface area (Å²) in [7, 11) is -2.32. The van der Waals surface area contributed by atoms with Gasteiger partial charge in [0.2, 0.25) is 15.9 Å². The molecule has 0 radical (unpaired) electrons. The molecule has 300 valence electrons. The Morgan fingerprint density at radius 1 is 1.12 bits per heavy atom. The van der Waals surface area contributed by atoms with Gasteiger partial charge < -0.3 is 10.4 Å². The van der Waals surface area contributed by atoms with Crippen molar-refractivity contribution < 1.29 is 44.7 Å². The van der Waals surface area contributed by atoms with Gasteiger partial charge in [0.25, 0.3) is 12.3 Å². The van der Waals surface area contributed by atoms with E-state index in [0.29, 0.717) is 21.8 Å². The van der Waals surface area contributed by atoms with E-state index in [4.69, 9.17) is 16.6 Å². The average molecular weight is 834 g/mol. The maximum atomic E-state index is 15.5. The Morgan fingerprint density at radius 2 is 1.79 bits per heavy atom. The first-order chi connectivity index (χ1) is 26.6. The molecule has 0 unspecified atom stereocenters. The Bertz CT molecular complexity index is 2590. The number of sulfonamides is 1. The Kier molecular flexibility index (Phi) is 11.0. The molecule has 1 amide bonds. The van der Waals surface area contributed by atoms with Gasteiger partial charge in [-0.1, -0.05) is 29.7 Å². The number of nitrogens with one attached hydrogen (secondary N) is 2. The molecule has 11 nitrogen and oxygen atoms in total. The van der Waals surface area contributed by atoms with Crippen molar-refractivity contribution in [1.82, 2.24) is 29.9 Å². The number of aryl methyl sites for hydroxylation is 1. The first-order valence-corrected chi connectivity index (χ1v) is 19.4. The summed E-state index contributed by atoms with van der Waals surface area (Å²) in [5, 5.41) is 21.3. The van der Waals surface area contributed by atoms with Crippen molar-refractivity contribution in [1.29, 1.82) is 0 Å². The summed E-state index contributed by atoms with van der Waals surface area (Å²) in [5.41, 5.74) is -2.64. The van der Waals surface area contributed by atoms with Crippen molar-refractivity contribution >= 4 is 44.3 Å². The van der Waals surface area contributed by atoms with E-state index < -0.39 is 87.4 Å². The summed E-state index contributed by atoms with van der Waals surface area (Å²) < 4.78 is 117. The topological polar surface area (TPSA) is 144 Å². The highest BCUT2D eigenvalue weighted by Gasteiger charge is 2.52. The highest BCUT2D eigenvalue weighted by atomic mass is 35.5. The van der Waals surface area contributed by atoms with Crippen molar-refractivity contribution in [2.24, 2.45) is 13.0 Å². The number of anilines is 1. The number of aliphatic hydroxyl groups is 1. The van der Waals surface area contributed by atoms with Crippen molar-refractivity contribution in [2.45, 2.75) is 57.2 Å². The van der Waals surface area contributed by atoms with Gasteiger partial charge in [-0.25, -0.2) is 31.0 Å². The van der Waals surface area contributed by atoms with Gasteiger partial charge >= 0.3 is 0 Å². The van der Waals surface area contributed by atoms with E-state index in [2.05, 4.69) is 38.7 Å². The third-order valence-corrected chi connectivity index (χ3v) is 9.91. The van der Waals surface area contributed by atoms with Gasteiger partial charge in [-0.15, -0.1) is 6.58 Å². The lowest BCUT2D eigenvalue weighted by Gasteiger charge is -2.23. The number of carbonyl (C=O) groups is 1. The highest BCUT2D eigenvalue weighted by molar-refractivity contribution is 7.92. The van der Waals surface area contributed by atoms with Crippen molar-refractivity contribution in [3.63, 3.8) is 0 Å². The van der Waals surface area contributed by atoms with Crippen LogP contribution in [-0.4, -0.2) is 55.8 Å². The van der Waals surface area contributed by atoms with Crippen LogP contribution in [0.5, 0.6) is 0 Å². The monoisotopic (exact) mass is 833 g/mol. The number of nitrogens with zero attached hydrogens (tertiary/aromatic N) is 5. The molecule has 19 heteroatoms. The molecule has 5 aromatic rings. The summed E-state index contributed by atoms with van der Waals surface area (Å²) in [6.45, 7) is 5.29. The summed E-state index contributed by atoms with van der Waals surface area (Å²) in [4.78, 5) is 18.6. The van der Waals surface area contributed by atoms with Gasteiger partial charge in [0.05, 0.1) is 39.8 Å². The van der Waals surface area contributed by atoms with Gasteiger partial charge in [-0.2, -0.15) is 19.0 Å². The van der Waals surface area contributed by atoms with Gasteiger partial charge in [0.15, 0.2) is 5.82 Å². The molecule has 2 aromatic carbocycles. The number of fused-ring (bicyclic) bond motifs is 2. The van der Waals surface area contributed by atoms with Gasteiger partial charge in [-0.05, 0) is 68.5 Å². The number of hydrogen-bond donors (Lipinski definition) is 3. The number of amides is 1. The molecule has 0 saturated heterocycles. The van der Waals surface area contributed by atoms with Crippen LogP contribution in [0, 0.1) is 29.4 Å². The largest absolute Gasteiger partial charge is 0.378 e.